The second kappa shape index (κ2) is 6.26. The summed E-state index contributed by atoms with van der Waals surface area (Å²) in [5.41, 5.74) is 2.25. The van der Waals surface area contributed by atoms with Crippen LogP contribution in [-0.2, 0) is 6.54 Å². The average molecular weight is 286 g/mol. The Balaban J connectivity index is 2.20. The molecule has 1 heterocycles. The number of ether oxygens (including phenoxy) is 1. The van der Waals surface area contributed by atoms with Gasteiger partial charge in [-0.3, -0.25) is 9.48 Å². The Morgan fingerprint density at radius 3 is 2.86 bits per heavy atom. The van der Waals surface area contributed by atoms with Gasteiger partial charge in [-0.1, -0.05) is 0 Å². The number of carbonyl (C=O) groups is 1. The van der Waals surface area contributed by atoms with Gasteiger partial charge in [-0.15, -0.1) is 0 Å². The summed E-state index contributed by atoms with van der Waals surface area (Å²) in [5.74, 6) is 0.138. The van der Waals surface area contributed by atoms with E-state index in [0.717, 1.165) is 17.8 Å². The van der Waals surface area contributed by atoms with Crippen LogP contribution >= 0.6 is 0 Å². The molecule has 5 heteroatoms. The van der Waals surface area contributed by atoms with Crippen LogP contribution in [0.5, 0.6) is 11.5 Å². The van der Waals surface area contributed by atoms with Gasteiger partial charge in [0.15, 0.2) is 17.3 Å². The number of ketones is 1. The number of aromatic nitrogens is 2. The molecule has 0 saturated carbocycles. The van der Waals surface area contributed by atoms with Crippen molar-refractivity contribution in [3.63, 3.8) is 0 Å². The summed E-state index contributed by atoms with van der Waals surface area (Å²) in [6, 6.07) is 4.53. The molecule has 110 valence electrons. The zero-order valence-electron chi connectivity index (χ0n) is 12.3. The van der Waals surface area contributed by atoms with Crippen LogP contribution in [0.4, 0.5) is 0 Å². The highest BCUT2D eigenvalue weighted by atomic mass is 16.5. The van der Waals surface area contributed by atoms with Crippen LogP contribution in [0.2, 0.25) is 0 Å². The van der Waals surface area contributed by atoms with Crippen LogP contribution in [0.25, 0.3) is 6.08 Å². The number of hydrogen-bond acceptors (Lipinski definition) is 4. The molecule has 0 saturated heterocycles. The van der Waals surface area contributed by atoms with E-state index < -0.39 is 0 Å². The predicted octanol–water partition coefficient (Wildman–Crippen LogP) is 2.82. The number of benzene rings is 1. The molecule has 1 aromatic heterocycles. The highest BCUT2D eigenvalue weighted by Gasteiger charge is 2.08. The summed E-state index contributed by atoms with van der Waals surface area (Å²) in [5, 5.41) is 13.8. The van der Waals surface area contributed by atoms with Crippen molar-refractivity contribution in [2.24, 2.45) is 0 Å². The van der Waals surface area contributed by atoms with Gasteiger partial charge in [-0.25, -0.2) is 0 Å². The maximum atomic E-state index is 12.1. The molecule has 1 N–H and O–H groups in total. The highest BCUT2D eigenvalue weighted by molar-refractivity contribution is 6.07. The smallest absolute Gasteiger partial charge is 0.185 e. The van der Waals surface area contributed by atoms with E-state index >= 15 is 0 Å². The first-order chi connectivity index (χ1) is 10.0. The minimum atomic E-state index is -0.156. The first-order valence-electron chi connectivity index (χ1n) is 6.68. The number of aromatic hydroxyl groups is 1. The lowest BCUT2D eigenvalue weighted by atomic mass is 10.1. The molecular formula is C16H18N2O3. The van der Waals surface area contributed by atoms with Crippen molar-refractivity contribution in [1.82, 2.24) is 9.78 Å². The second-order valence-electron chi connectivity index (χ2n) is 4.61. The molecule has 1 aromatic carbocycles. The van der Waals surface area contributed by atoms with E-state index in [9.17, 15) is 9.90 Å². The minimum Gasteiger partial charge on any atom is -0.504 e. The van der Waals surface area contributed by atoms with Crippen molar-refractivity contribution in [1.29, 1.82) is 0 Å². The molecule has 0 atom stereocenters. The standard InChI is InChI=1S/C16H18N2O3/c1-4-18-10-13(11(2)17-18)6-7-14(19)12-5-8-15(20)16(9-12)21-3/h5-10,20H,4H2,1-3H3/b7-6+. The van der Waals surface area contributed by atoms with Gasteiger partial charge >= 0.3 is 0 Å². The largest absolute Gasteiger partial charge is 0.504 e. The summed E-state index contributed by atoms with van der Waals surface area (Å²) in [4.78, 5) is 12.1. The van der Waals surface area contributed by atoms with E-state index in [-0.39, 0.29) is 17.3 Å². The fourth-order valence-corrected chi connectivity index (χ4v) is 1.95. The second-order valence-corrected chi connectivity index (χ2v) is 4.61. The van der Waals surface area contributed by atoms with Gasteiger partial charge in [-0.05, 0) is 44.2 Å². The first-order valence-corrected chi connectivity index (χ1v) is 6.68. The Hall–Kier alpha value is -2.56. The molecule has 2 aromatic rings. The van der Waals surface area contributed by atoms with Crippen molar-refractivity contribution in [2.45, 2.75) is 20.4 Å². The summed E-state index contributed by atoms with van der Waals surface area (Å²) in [6.45, 7) is 4.70. The molecule has 5 nitrogen and oxygen atoms in total. The van der Waals surface area contributed by atoms with Crippen molar-refractivity contribution in [2.75, 3.05) is 7.11 Å². The zero-order valence-corrected chi connectivity index (χ0v) is 12.3. The molecular weight excluding hydrogens is 268 g/mol. The van der Waals surface area contributed by atoms with Gasteiger partial charge in [0.2, 0.25) is 0 Å². The molecule has 0 amide bonds. The highest BCUT2D eigenvalue weighted by Crippen LogP contribution is 2.26. The number of rotatable bonds is 5. The summed E-state index contributed by atoms with van der Waals surface area (Å²) in [7, 11) is 1.45. The van der Waals surface area contributed by atoms with Crippen LogP contribution < -0.4 is 4.74 Å². The Labute approximate surface area is 123 Å². The molecule has 0 spiro atoms. The Morgan fingerprint density at radius 2 is 2.24 bits per heavy atom. The Morgan fingerprint density at radius 1 is 1.48 bits per heavy atom. The van der Waals surface area contributed by atoms with Crippen molar-refractivity contribution in [3.05, 3.63) is 47.3 Å². The van der Waals surface area contributed by atoms with E-state index in [0.29, 0.717) is 5.56 Å². The van der Waals surface area contributed by atoms with Gasteiger partial charge in [0, 0.05) is 23.9 Å². The van der Waals surface area contributed by atoms with Crippen molar-refractivity contribution >= 4 is 11.9 Å². The molecule has 0 radical (unpaired) electrons. The molecule has 0 unspecified atom stereocenters. The topological polar surface area (TPSA) is 64.4 Å². The van der Waals surface area contributed by atoms with E-state index in [4.69, 9.17) is 4.74 Å². The predicted molar refractivity (Wildman–Crippen MR) is 80.7 cm³/mol. The van der Waals surface area contributed by atoms with Gasteiger partial charge in [-0.2, -0.15) is 5.10 Å². The number of nitrogens with zero attached hydrogens (tertiary/aromatic N) is 2. The van der Waals surface area contributed by atoms with Crippen LogP contribution in [-0.4, -0.2) is 27.8 Å². The van der Waals surface area contributed by atoms with Crippen LogP contribution in [0, 0.1) is 6.92 Å². The summed E-state index contributed by atoms with van der Waals surface area (Å²) in [6.07, 6.45) is 5.14. The fourth-order valence-electron chi connectivity index (χ4n) is 1.95. The number of phenols is 1. The molecule has 0 bridgehead atoms. The molecule has 0 aliphatic carbocycles. The SMILES string of the molecule is CCn1cc(/C=C/C(=O)c2ccc(O)c(OC)c2)c(C)n1. The molecule has 0 fully saturated rings. The number of carbonyl (C=O) groups excluding carboxylic acids is 1. The molecule has 0 aliphatic heterocycles. The van der Waals surface area contributed by atoms with Gasteiger partial charge in [0.05, 0.1) is 12.8 Å². The Bertz CT molecular complexity index is 687. The molecule has 21 heavy (non-hydrogen) atoms. The number of aryl methyl sites for hydroxylation is 2. The van der Waals surface area contributed by atoms with E-state index in [1.54, 1.807) is 12.1 Å². The fraction of sp³-hybridized carbons (Fsp3) is 0.250. The first kappa shape index (κ1) is 14.8. The normalized spacial score (nSPS) is 11.0. The van der Waals surface area contributed by atoms with Gasteiger partial charge in [0.1, 0.15) is 0 Å². The molecule has 0 aliphatic rings. The van der Waals surface area contributed by atoms with Crippen LogP contribution in [0.15, 0.2) is 30.5 Å². The number of hydrogen-bond donors (Lipinski definition) is 1. The average Bonchev–Trinajstić information content (AvgIpc) is 2.85. The van der Waals surface area contributed by atoms with Crippen LogP contribution in [0.1, 0.15) is 28.5 Å². The third-order valence-electron chi connectivity index (χ3n) is 3.19. The number of methoxy groups -OCH3 is 1. The maximum absolute atomic E-state index is 12.1. The van der Waals surface area contributed by atoms with E-state index in [1.807, 2.05) is 24.7 Å². The van der Waals surface area contributed by atoms with E-state index in [1.165, 1.54) is 25.3 Å². The summed E-state index contributed by atoms with van der Waals surface area (Å²) >= 11 is 0. The minimum absolute atomic E-state index is 0.0121. The van der Waals surface area contributed by atoms with E-state index in [2.05, 4.69) is 5.10 Å². The third-order valence-corrected chi connectivity index (χ3v) is 3.19. The number of allylic oxidation sites excluding steroid dienone is 1. The van der Waals surface area contributed by atoms with Gasteiger partial charge < -0.3 is 9.84 Å². The van der Waals surface area contributed by atoms with Gasteiger partial charge in [0.25, 0.3) is 0 Å². The zero-order chi connectivity index (χ0) is 15.4. The lowest BCUT2D eigenvalue weighted by molar-refractivity contribution is 0.104. The quantitative estimate of drug-likeness (QED) is 0.678. The molecule has 2 rings (SSSR count). The van der Waals surface area contributed by atoms with Crippen molar-refractivity contribution in [3.8, 4) is 11.5 Å². The third kappa shape index (κ3) is 3.31. The summed E-state index contributed by atoms with van der Waals surface area (Å²) < 4.78 is 6.82. The maximum Gasteiger partial charge on any atom is 0.185 e. The monoisotopic (exact) mass is 286 g/mol. The van der Waals surface area contributed by atoms with Crippen LogP contribution in [0.3, 0.4) is 0 Å². The lowest BCUT2D eigenvalue weighted by Crippen LogP contribution is -1.95. The lowest BCUT2D eigenvalue weighted by Gasteiger charge is -2.04. The Kier molecular flexibility index (Phi) is 4.42. The number of phenolic OH excluding ortho intramolecular Hbond substituents is 1. The van der Waals surface area contributed by atoms with Crippen molar-refractivity contribution < 1.29 is 14.6 Å².